The highest BCUT2D eigenvalue weighted by molar-refractivity contribution is 6.29. The molecule has 0 unspecified atom stereocenters. The van der Waals surface area contributed by atoms with E-state index in [1.165, 1.54) is 6.07 Å². The zero-order valence-electron chi connectivity index (χ0n) is 9.85. The Morgan fingerprint density at radius 1 is 1.33 bits per heavy atom. The first-order valence-electron chi connectivity index (χ1n) is 5.10. The predicted octanol–water partition coefficient (Wildman–Crippen LogP) is 2.58. The summed E-state index contributed by atoms with van der Waals surface area (Å²) in [4.78, 5) is 6.44. The highest BCUT2D eigenvalue weighted by Crippen LogP contribution is 2.28. The summed E-state index contributed by atoms with van der Waals surface area (Å²) in [5, 5.41) is 11.4. The molecule has 102 valence electrons. The van der Waals surface area contributed by atoms with E-state index >= 15 is 0 Å². The van der Waals surface area contributed by atoms with Crippen LogP contribution < -0.4 is 5.32 Å². The van der Waals surface area contributed by atoms with E-state index in [4.69, 9.17) is 16.7 Å². The molecule has 18 heavy (non-hydrogen) atoms. The number of alkyl halides is 3. The summed E-state index contributed by atoms with van der Waals surface area (Å²) in [5.41, 5.74) is -0.476. The number of halogens is 4. The van der Waals surface area contributed by atoms with Crippen LogP contribution in [0.3, 0.4) is 0 Å². The van der Waals surface area contributed by atoms with Gasteiger partial charge in [-0.25, -0.2) is 9.97 Å². The van der Waals surface area contributed by atoms with E-state index in [0.717, 1.165) is 0 Å². The van der Waals surface area contributed by atoms with Crippen molar-refractivity contribution in [1.29, 1.82) is 0 Å². The van der Waals surface area contributed by atoms with Crippen molar-refractivity contribution in [3.63, 3.8) is 0 Å². The summed E-state index contributed by atoms with van der Waals surface area (Å²) < 4.78 is 37.3. The van der Waals surface area contributed by atoms with Gasteiger partial charge in [-0.2, -0.15) is 13.2 Å². The Balaban J connectivity index is 2.88. The Kier molecular flexibility index (Phi) is 4.39. The van der Waals surface area contributed by atoms with Crippen LogP contribution >= 0.6 is 11.6 Å². The third-order valence-corrected chi connectivity index (χ3v) is 2.32. The van der Waals surface area contributed by atoms with Crippen LogP contribution in [0.1, 0.15) is 19.7 Å². The van der Waals surface area contributed by atoms with Gasteiger partial charge < -0.3 is 10.4 Å². The summed E-state index contributed by atoms with van der Waals surface area (Å²) in [6.45, 7) is 3.67. The van der Waals surface area contributed by atoms with E-state index < -0.39 is 17.4 Å². The second-order valence-corrected chi connectivity index (χ2v) is 4.96. The molecule has 0 aliphatic rings. The molecular weight excluding hydrogens is 271 g/mol. The van der Waals surface area contributed by atoms with E-state index in [2.05, 4.69) is 15.3 Å². The summed E-state index contributed by atoms with van der Waals surface area (Å²) >= 11 is 5.50. The number of aliphatic hydroxyl groups excluding tert-OH is 1. The van der Waals surface area contributed by atoms with Gasteiger partial charge >= 0.3 is 6.18 Å². The van der Waals surface area contributed by atoms with Crippen molar-refractivity contribution in [2.24, 2.45) is 5.41 Å². The molecule has 0 saturated carbocycles. The normalized spacial score (nSPS) is 12.6. The summed E-state index contributed by atoms with van der Waals surface area (Å²) in [6.07, 6.45) is -4.65. The minimum Gasteiger partial charge on any atom is -0.396 e. The van der Waals surface area contributed by atoms with Gasteiger partial charge in [0.05, 0.1) is 0 Å². The van der Waals surface area contributed by atoms with Gasteiger partial charge in [-0.3, -0.25) is 0 Å². The van der Waals surface area contributed by atoms with Crippen LogP contribution in [-0.2, 0) is 6.18 Å². The molecule has 0 amide bonds. The first-order valence-corrected chi connectivity index (χ1v) is 5.48. The van der Waals surface area contributed by atoms with Crippen molar-refractivity contribution in [1.82, 2.24) is 9.97 Å². The summed E-state index contributed by atoms with van der Waals surface area (Å²) in [7, 11) is 0. The Morgan fingerprint density at radius 2 is 1.94 bits per heavy atom. The van der Waals surface area contributed by atoms with Gasteiger partial charge in [-0.15, -0.1) is 0 Å². The molecule has 0 fully saturated rings. The van der Waals surface area contributed by atoms with Crippen LogP contribution in [0.2, 0.25) is 5.15 Å². The van der Waals surface area contributed by atoms with Gasteiger partial charge in [0.1, 0.15) is 11.0 Å². The second kappa shape index (κ2) is 5.27. The fraction of sp³-hybridized carbons (Fsp3) is 0.600. The molecule has 8 heteroatoms. The van der Waals surface area contributed by atoms with E-state index in [9.17, 15) is 13.2 Å². The van der Waals surface area contributed by atoms with Gasteiger partial charge in [0, 0.05) is 24.6 Å². The standard InChI is InChI=1S/C10H13ClF3N3O/c1-9(2,5-18)4-15-7-3-6(11)16-8(17-7)10(12,13)14/h3,18H,4-5H2,1-2H3,(H,15,16,17). The molecule has 2 N–H and O–H groups in total. The smallest absolute Gasteiger partial charge is 0.396 e. The minimum absolute atomic E-state index is 0.0242. The molecular formula is C10H13ClF3N3O. The van der Waals surface area contributed by atoms with Gasteiger partial charge in [0.25, 0.3) is 0 Å². The maximum Gasteiger partial charge on any atom is 0.451 e. The molecule has 1 aromatic rings. The highest BCUT2D eigenvalue weighted by atomic mass is 35.5. The molecule has 0 bridgehead atoms. The van der Waals surface area contributed by atoms with E-state index in [-0.39, 0.29) is 24.1 Å². The minimum atomic E-state index is -4.65. The number of rotatable bonds is 4. The fourth-order valence-corrected chi connectivity index (χ4v) is 1.20. The summed E-state index contributed by atoms with van der Waals surface area (Å²) in [6, 6.07) is 1.20. The van der Waals surface area contributed by atoms with Crippen LogP contribution in [-0.4, -0.2) is 28.2 Å². The molecule has 1 rings (SSSR count). The molecule has 0 atom stereocenters. The molecule has 0 saturated heterocycles. The number of nitrogens with one attached hydrogen (secondary N) is 1. The zero-order valence-corrected chi connectivity index (χ0v) is 10.6. The third kappa shape index (κ3) is 4.30. The molecule has 4 nitrogen and oxygen atoms in total. The van der Waals surface area contributed by atoms with Crippen LogP contribution in [0.25, 0.3) is 0 Å². The second-order valence-electron chi connectivity index (χ2n) is 4.57. The lowest BCUT2D eigenvalue weighted by Crippen LogP contribution is -2.27. The Morgan fingerprint density at radius 3 is 2.44 bits per heavy atom. The first-order chi connectivity index (χ1) is 8.14. The molecule has 0 aromatic carbocycles. The van der Waals surface area contributed by atoms with Gasteiger partial charge in [0.2, 0.25) is 5.82 Å². The summed E-state index contributed by atoms with van der Waals surface area (Å²) in [5.74, 6) is -1.32. The fourth-order valence-electron chi connectivity index (χ4n) is 1.02. The quantitative estimate of drug-likeness (QED) is 0.834. The van der Waals surface area contributed by atoms with Crippen molar-refractivity contribution < 1.29 is 18.3 Å². The van der Waals surface area contributed by atoms with Crippen LogP contribution in [0, 0.1) is 5.41 Å². The topological polar surface area (TPSA) is 58.0 Å². The molecule has 1 heterocycles. The maximum atomic E-state index is 12.4. The van der Waals surface area contributed by atoms with Crippen molar-refractivity contribution in [2.75, 3.05) is 18.5 Å². The largest absolute Gasteiger partial charge is 0.451 e. The number of nitrogens with zero attached hydrogens (tertiary/aromatic N) is 2. The lowest BCUT2D eigenvalue weighted by Gasteiger charge is -2.22. The van der Waals surface area contributed by atoms with Crippen LogP contribution in [0.5, 0.6) is 0 Å². The Labute approximate surface area is 107 Å². The van der Waals surface area contributed by atoms with Crippen molar-refractivity contribution in [3.05, 3.63) is 17.0 Å². The number of aromatic nitrogens is 2. The first kappa shape index (κ1) is 15.0. The van der Waals surface area contributed by atoms with E-state index in [0.29, 0.717) is 0 Å². The SMILES string of the molecule is CC(C)(CO)CNc1cc(Cl)nc(C(F)(F)F)n1. The highest BCUT2D eigenvalue weighted by Gasteiger charge is 2.35. The monoisotopic (exact) mass is 283 g/mol. The van der Waals surface area contributed by atoms with Gasteiger partial charge in [0.15, 0.2) is 0 Å². The molecule has 0 spiro atoms. The van der Waals surface area contributed by atoms with Gasteiger partial charge in [-0.1, -0.05) is 25.4 Å². The van der Waals surface area contributed by atoms with Crippen LogP contribution in [0.15, 0.2) is 6.07 Å². The number of aliphatic hydroxyl groups is 1. The predicted molar refractivity (Wildman–Crippen MR) is 61.4 cm³/mol. The molecule has 0 aliphatic carbocycles. The number of hydrogen-bond donors (Lipinski definition) is 2. The average Bonchev–Trinajstić information content (AvgIpc) is 2.25. The molecule has 0 radical (unpaired) electrons. The third-order valence-electron chi connectivity index (χ3n) is 2.12. The van der Waals surface area contributed by atoms with E-state index in [1.54, 1.807) is 13.8 Å². The Hall–Kier alpha value is -1.08. The number of hydrogen-bond acceptors (Lipinski definition) is 4. The van der Waals surface area contributed by atoms with Crippen molar-refractivity contribution in [3.8, 4) is 0 Å². The van der Waals surface area contributed by atoms with Crippen molar-refractivity contribution in [2.45, 2.75) is 20.0 Å². The Bertz CT molecular complexity index is 423. The zero-order chi connectivity index (χ0) is 14.0. The number of anilines is 1. The molecule has 0 aliphatic heterocycles. The lowest BCUT2D eigenvalue weighted by molar-refractivity contribution is -0.144. The van der Waals surface area contributed by atoms with E-state index in [1.807, 2.05) is 0 Å². The lowest BCUT2D eigenvalue weighted by atomic mass is 9.95. The maximum absolute atomic E-state index is 12.4. The van der Waals surface area contributed by atoms with Gasteiger partial charge in [-0.05, 0) is 0 Å². The van der Waals surface area contributed by atoms with Crippen LogP contribution in [0.4, 0.5) is 19.0 Å². The molecule has 1 aromatic heterocycles. The van der Waals surface area contributed by atoms with Crippen molar-refractivity contribution >= 4 is 17.4 Å². The average molecular weight is 284 g/mol.